The SMILES string of the molecule is O=C1Nc2ccccc2/C1=C(/Nc1ccc(-c2c[nH]cn2)cc1)c1ccc(CCCN2CCCC2)cc1. The second kappa shape index (κ2) is 10.4. The number of aromatic nitrogens is 2. The molecule has 0 atom stereocenters. The number of aromatic amines is 1. The van der Waals surface area contributed by atoms with Crippen molar-refractivity contribution in [1.29, 1.82) is 0 Å². The molecular weight excluding hydrogens is 458 g/mol. The molecule has 1 aromatic heterocycles. The molecule has 1 amide bonds. The maximum absolute atomic E-state index is 13.2. The molecule has 2 aliphatic heterocycles. The average Bonchev–Trinajstić information content (AvgIpc) is 3.70. The Kier molecular flexibility index (Phi) is 6.57. The van der Waals surface area contributed by atoms with Gasteiger partial charge in [-0.2, -0.15) is 0 Å². The largest absolute Gasteiger partial charge is 0.354 e. The van der Waals surface area contributed by atoms with Crippen LogP contribution in [0.5, 0.6) is 0 Å². The number of nitrogens with one attached hydrogen (secondary N) is 3. The molecular formula is C31H31N5O. The first kappa shape index (κ1) is 23.3. The highest BCUT2D eigenvalue weighted by Crippen LogP contribution is 2.37. The van der Waals surface area contributed by atoms with Crippen LogP contribution in [0.25, 0.3) is 22.5 Å². The van der Waals surface area contributed by atoms with Crippen LogP contribution in [0, 0.1) is 0 Å². The molecule has 1 saturated heterocycles. The molecule has 6 heteroatoms. The number of benzene rings is 3. The van der Waals surface area contributed by atoms with Gasteiger partial charge in [0.1, 0.15) is 0 Å². The summed E-state index contributed by atoms with van der Waals surface area (Å²) in [5.41, 5.74) is 8.37. The second-order valence-electron chi connectivity index (χ2n) is 9.76. The van der Waals surface area contributed by atoms with Gasteiger partial charge in [0, 0.05) is 28.7 Å². The van der Waals surface area contributed by atoms with Crippen molar-refractivity contribution in [3.05, 3.63) is 102 Å². The molecule has 0 unspecified atom stereocenters. The third kappa shape index (κ3) is 5.06. The molecule has 3 aromatic carbocycles. The van der Waals surface area contributed by atoms with Gasteiger partial charge in [-0.15, -0.1) is 0 Å². The summed E-state index contributed by atoms with van der Waals surface area (Å²) >= 11 is 0. The summed E-state index contributed by atoms with van der Waals surface area (Å²) in [6, 6.07) is 24.6. The van der Waals surface area contributed by atoms with Gasteiger partial charge in [-0.3, -0.25) is 4.79 Å². The summed E-state index contributed by atoms with van der Waals surface area (Å²) in [6.45, 7) is 3.66. The van der Waals surface area contributed by atoms with Crippen molar-refractivity contribution in [2.24, 2.45) is 0 Å². The molecule has 0 radical (unpaired) electrons. The lowest BCUT2D eigenvalue weighted by Gasteiger charge is -2.16. The standard InChI is InChI=1S/C31H31N5O/c37-31-29(26-7-1-2-8-27(26)35-31)30(34-25-15-13-23(14-16-25)28-20-32-21-33-28)24-11-9-22(10-12-24)6-5-19-36-17-3-4-18-36/h1-2,7-16,20-21,34H,3-6,17-19H2,(H,32,33)(H,35,37)/b30-29-. The van der Waals surface area contributed by atoms with Crippen LogP contribution in [0.2, 0.25) is 0 Å². The predicted molar refractivity (Wildman–Crippen MR) is 150 cm³/mol. The molecule has 4 aromatic rings. The first-order chi connectivity index (χ1) is 18.2. The molecule has 3 N–H and O–H groups in total. The number of hydrogen-bond donors (Lipinski definition) is 3. The van der Waals surface area contributed by atoms with E-state index >= 15 is 0 Å². The number of carbonyl (C=O) groups excluding carboxylic acids is 1. The number of fused-ring (bicyclic) bond motifs is 1. The van der Waals surface area contributed by atoms with Crippen LogP contribution in [-0.4, -0.2) is 40.4 Å². The smallest absolute Gasteiger partial charge is 0.258 e. The fraction of sp³-hybridized carbons (Fsp3) is 0.226. The zero-order valence-electron chi connectivity index (χ0n) is 20.8. The minimum Gasteiger partial charge on any atom is -0.354 e. The molecule has 6 nitrogen and oxygen atoms in total. The van der Waals surface area contributed by atoms with E-state index in [1.54, 1.807) is 6.33 Å². The fourth-order valence-electron chi connectivity index (χ4n) is 5.28. The number of likely N-dealkylation sites (tertiary alicyclic amines) is 1. The lowest BCUT2D eigenvalue weighted by atomic mass is 9.98. The Labute approximate surface area is 217 Å². The van der Waals surface area contributed by atoms with Gasteiger partial charge in [0.05, 0.1) is 23.3 Å². The summed E-state index contributed by atoms with van der Waals surface area (Å²) in [5, 5.41) is 6.59. The van der Waals surface area contributed by atoms with Crippen LogP contribution in [0.4, 0.5) is 11.4 Å². The van der Waals surface area contributed by atoms with Crippen LogP contribution < -0.4 is 10.6 Å². The van der Waals surface area contributed by atoms with Crippen molar-refractivity contribution in [3.8, 4) is 11.3 Å². The monoisotopic (exact) mass is 489 g/mol. The van der Waals surface area contributed by atoms with Crippen LogP contribution in [0.15, 0.2) is 85.3 Å². The third-order valence-corrected chi connectivity index (χ3v) is 7.25. The van der Waals surface area contributed by atoms with Gasteiger partial charge in [0.25, 0.3) is 5.91 Å². The van der Waals surface area contributed by atoms with Crippen LogP contribution in [0.3, 0.4) is 0 Å². The molecule has 186 valence electrons. The average molecular weight is 490 g/mol. The zero-order chi connectivity index (χ0) is 25.0. The lowest BCUT2D eigenvalue weighted by molar-refractivity contribution is -0.110. The Morgan fingerprint density at radius 2 is 1.73 bits per heavy atom. The van der Waals surface area contributed by atoms with Gasteiger partial charge in [-0.25, -0.2) is 4.98 Å². The Morgan fingerprint density at radius 1 is 0.946 bits per heavy atom. The second-order valence-corrected chi connectivity index (χ2v) is 9.76. The van der Waals surface area contributed by atoms with Crippen molar-refractivity contribution < 1.29 is 4.79 Å². The predicted octanol–water partition coefficient (Wildman–Crippen LogP) is 6.04. The van der Waals surface area contributed by atoms with Crippen LogP contribution in [0.1, 0.15) is 36.0 Å². The van der Waals surface area contributed by atoms with Crippen LogP contribution >= 0.6 is 0 Å². The molecule has 37 heavy (non-hydrogen) atoms. The maximum atomic E-state index is 13.2. The zero-order valence-corrected chi connectivity index (χ0v) is 20.8. The number of para-hydroxylation sites is 1. The van der Waals surface area contributed by atoms with E-state index in [1.807, 2.05) is 54.7 Å². The Balaban J connectivity index is 1.29. The highest BCUT2D eigenvalue weighted by atomic mass is 16.2. The van der Waals surface area contributed by atoms with E-state index in [9.17, 15) is 4.79 Å². The summed E-state index contributed by atoms with van der Waals surface area (Å²) in [4.78, 5) is 23.1. The van der Waals surface area contributed by atoms with Gasteiger partial charge >= 0.3 is 0 Å². The van der Waals surface area contributed by atoms with Gasteiger partial charge < -0.3 is 20.5 Å². The van der Waals surface area contributed by atoms with Crippen molar-refractivity contribution in [1.82, 2.24) is 14.9 Å². The minimum absolute atomic E-state index is 0.0912. The van der Waals surface area contributed by atoms with E-state index in [1.165, 1.54) is 44.5 Å². The van der Waals surface area contributed by atoms with E-state index < -0.39 is 0 Å². The molecule has 0 saturated carbocycles. The molecule has 3 heterocycles. The number of anilines is 2. The minimum atomic E-state index is -0.0912. The molecule has 2 aliphatic rings. The molecule has 0 aliphatic carbocycles. The van der Waals surface area contributed by atoms with Crippen molar-refractivity contribution in [2.75, 3.05) is 30.3 Å². The molecule has 1 fully saturated rings. The number of rotatable bonds is 8. The Hall–Kier alpha value is -4.16. The van der Waals surface area contributed by atoms with Crippen LogP contribution in [-0.2, 0) is 11.2 Å². The number of nitrogens with zero attached hydrogens (tertiary/aromatic N) is 2. The normalized spacial score (nSPS) is 16.5. The maximum Gasteiger partial charge on any atom is 0.258 e. The topological polar surface area (TPSA) is 73.0 Å². The first-order valence-corrected chi connectivity index (χ1v) is 13.1. The summed E-state index contributed by atoms with van der Waals surface area (Å²) in [5.74, 6) is -0.0912. The van der Waals surface area contributed by atoms with Crippen molar-refractivity contribution in [2.45, 2.75) is 25.7 Å². The summed E-state index contributed by atoms with van der Waals surface area (Å²) < 4.78 is 0. The summed E-state index contributed by atoms with van der Waals surface area (Å²) in [6.07, 6.45) is 8.46. The lowest BCUT2D eigenvalue weighted by Crippen LogP contribution is -2.20. The van der Waals surface area contributed by atoms with E-state index in [2.05, 4.69) is 49.8 Å². The third-order valence-electron chi connectivity index (χ3n) is 7.25. The van der Waals surface area contributed by atoms with Crippen molar-refractivity contribution >= 4 is 28.6 Å². The quantitative estimate of drug-likeness (QED) is 0.264. The van der Waals surface area contributed by atoms with E-state index in [4.69, 9.17) is 0 Å². The van der Waals surface area contributed by atoms with E-state index in [0.29, 0.717) is 5.57 Å². The number of aryl methyl sites for hydroxylation is 1. The highest BCUT2D eigenvalue weighted by Gasteiger charge is 2.28. The van der Waals surface area contributed by atoms with Gasteiger partial charge in [-0.1, -0.05) is 54.6 Å². The van der Waals surface area contributed by atoms with Gasteiger partial charge in [-0.05, 0) is 74.6 Å². The van der Waals surface area contributed by atoms with Gasteiger partial charge in [0.2, 0.25) is 0 Å². The number of imidazole rings is 1. The van der Waals surface area contributed by atoms with E-state index in [0.717, 1.165) is 45.9 Å². The fourth-order valence-corrected chi connectivity index (χ4v) is 5.28. The first-order valence-electron chi connectivity index (χ1n) is 13.1. The number of carbonyl (C=O) groups is 1. The van der Waals surface area contributed by atoms with Crippen molar-refractivity contribution in [3.63, 3.8) is 0 Å². The highest BCUT2D eigenvalue weighted by molar-refractivity contribution is 6.37. The number of hydrogen-bond acceptors (Lipinski definition) is 4. The number of amides is 1. The molecule has 0 bridgehead atoms. The Bertz CT molecular complexity index is 1400. The van der Waals surface area contributed by atoms with Gasteiger partial charge in [0.15, 0.2) is 0 Å². The Morgan fingerprint density at radius 3 is 2.49 bits per heavy atom. The molecule has 0 spiro atoms. The molecule has 6 rings (SSSR count). The van der Waals surface area contributed by atoms with E-state index in [-0.39, 0.29) is 5.91 Å². The number of H-pyrrole nitrogens is 1. The summed E-state index contributed by atoms with van der Waals surface area (Å²) in [7, 11) is 0.